The van der Waals surface area contributed by atoms with Gasteiger partial charge in [-0.15, -0.1) is 0 Å². The Morgan fingerprint density at radius 3 is 2.09 bits per heavy atom. The predicted molar refractivity (Wildman–Crippen MR) is 96.3 cm³/mol. The SMILES string of the molecule is CC1CCC2C3CCCCC3C(C3(C4CCCC4)CCC3)C2N1. The summed E-state index contributed by atoms with van der Waals surface area (Å²) >= 11 is 0. The third kappa shape index (κ3) is 2.21. The fourth-order valence-electron chi connectivity index (χ4n) is 8.32. The summed E-state index contributed by atoms with van der Waals surface area (Å²) in [6, 6.07) is 1.67. The van der Waals surface area contributed by atoms with Crippen LogP contribution < -0.4 is 5.32 Å². The van der Waals surface area contributed by atoms with E-state index in [1.165, 1.54) is 44.9 Å². The molecule has 5 rings (SSSR count). The van der Waals surface area contributed by atoms with Crippen LogP contribution in [0.3, 0.4) is 0 Å². The van der Waals surface area contributed by atoms with Crippen molar-refractivity contribution in [1.29, 1.82) is 0 Å². The largest absolute Gasteiger partial charge is 0.311 e. The quantitative estimate of drug-likeness (QED) is 0.705. The van der Waals surface area contributed by atoms with Crippen molar-refractivity contribution >= 4 is 0 Å². The van der Waals surface area contributed by atoms with E-state index in [4.69, 9.17) is 0 Å². The van der Waals surface area contributed by atoms with Gasteiger partial charge in [-0.05, 0) is 93.3 Å². The average Bonchev–Trinajstić information content (AvgIpc) is 3.14. The van der Waals surface area contributed by atoms with E-state index in [1.54, 1.807) is 38.5 Å². The minimum Gasteiger partial charge on any atom is -0.311 e. The van der Waals surface area contributed by atoms with Gasteiger partial charge in [-0.1, -0.05) is 32.1 Å². The van der Waals surface area contributed by atoms with Crippen molar-refractivity contribution in [1.82, 2.24) is 5.32 Å². The van der Waals surface area contributed by atoms with Crippen LogP contribution >= 0.6 is 0 Å². The summed E-state index contributed by atoms with van der Waals surface area (Å²) in [5, 5.41) is 4.18. The van der Waals surface area contributed by atoms with Crippen LogP contribution in [0.15, 0.2) is 0 Å². The molecule has 6 unspecified atom stereocenters. The Balaban J connectivity index is 1.50. The molecule has 1 heterocycles. The molecule has 0 aromatic rings. The summed E-state index contributed by atoms with van der Waals surface area (Å²) in [5.74, 6) is 5.38. The van der Waals surface area contributed by atoms with Gasteiger partial charge >= 0.3 is 0 Å². The molecule has 5 fully saturated rings. The van der Waals surface area contributed by atoms with E-state index in [0.717, 1.165) is 47.1 Å². The number of piperidine rings is 1. The van der Waals surface area contributed by atoms with Crippen molar-refractivity contribution in [3.05, 3.63) is 0 Å². The van der Waals surface area contributed by atoms with Gasteiger partial charge in [-0.2, -0.15) is 0 Å². The molecule has 0 amide bonds. The van der Waals surface area contributed by atoms with Crippen molar-refractivity contribution in [3.63, 3.8) is 0 Å². The summed E-state index contributed by atoms with van der Waals surface area (Å²) in [5.41, 5.74) is 0.778. The van der Waals surface area contributed by atoms with Gasteiger partial charge in [-0.3, -0.25) is 0 Å². The van der Waals surface area contributed by atoms with Crippen LogP contribution in [-0.2, 0) is 0 Å². The van der Waals surface area contributed by atoms with E-state index in [2.05, 4.69) is 12.2 Å². The minimum atomic E-state index is 0.777. The lowest BCUT2D eigenvalue weighted by Crippen LogP contribution is -2.56. The molecular weight excluding hydrogens is 278 g/mol. The molecule has 1 nitrogen and oxygen atoms in total. The molecule has 4 aliphatic carbocycles. The average molecular weight is 316 g/mol. The fourth-order valence-corrected chi connectivity index (χ4v) is 8.32. The molecular formula is C22H37N. The molecule has 0 aromatic heterocycles. The second-order valence-corrected chi connectivity index (χ2v) is 10.0. The molecule has 4 saturated carbocycles. The van der Waals surface area contributed by atoms with E-state index in [0.29, 0.717) is 0 Å². The second kappa shape index (κ2) is 5.75. The zero-order valence-electron chi connectivity index (χ0n) is 15.2. The molecule has 0 spiro atoms. The maximum Gasteiger partial charge on any atom is 0.0137 e. The lowest BCUT2D eigenvalue weighted by Gasteiger charge is -2.56. The van der Waals surface area contributed by atoms with Gasteiger partial charge in [-0.25, -0.2) is 0 Å². The molecule has 6 atom stereocenters. The number of hydrogen-bond acceptors (Lipinski definition) is 1. The first-order valence-corrected chi connectivity index (χ1v) is 11.1. The zero-order valence-corrected chi connectivity index (χ0v) is 15.2. The maximum atomic E-state index is 4.18. The van der Waals surface area contributed by atoms with Gasteiger partial charge in [0.15, 0.2) is 0 Å². The van der Waals surface area contributed by atoms with Crippen molar-refractivity contribution in [2.75, 3.05) is 0 Å². The molecule has 1 N–H and O–H groups in total. The first-order chi connectivity index (χ1) is 11.3. The highest BCUT2D eigenvalue weighted by molar-refractivity contribution is 5.13. The molecule has 0 aromatic carbocycles. The summed E-state index contributed by atoms with van der Waals surface area (Å²) < 4.78 is 0. The van der Waals surface area contributed by atoms with Crippen LogP contribution in [0, 0.1) is 35.0 Å². The smallest absolute Gasteiger partial charge is 0.0137 e. The number of hydrogen-bond donors (Lipinski definition) is 1. The van der Waals surface area contributed by atoms with Gasteiger partial charge in [0.1, 0.15) is 0 Å². The van der Waals surface area contributed by atoms with E-state index < -0.39 is 0 Å². The van der Waals surface area contributed by atoms with Crippen molar-refractivity contribution in [2.45, 2.75) is 102 Å². The minimum absolute atomic E-state index is 0.777. The number of nitrogens with one attached hydrogen (secondary N) is 1. The monoisotopic (exact) mass is 315 g/mol. The molecule has 130 valence electrons. The Bertz CT molecular complexity index is 433. The third-order valence-electron chi connectivity index (χ3n) is 9.26. The van der Waals surface area contributed by atoms with Gasteiger partial charge < -0.3 is 5.32 Å². The van der Waals surface area contributed by atoms with Gasteiger partial charge in [0, 0.05) is 12.1 Å². The van der Waals surface area contributed by atoms with E-state index >= 15 is 0 Å². The molecule has 0 radical (unpaired) electrons. The van der Waals surface area contributed by atoms with Crippen molar-refractivity contribution < 1.29 is 0 Å². The first kappa shape index (κ1) is 15.2. The third-order valence-corrected chi connectivity index (χ3v) is 9.26. The summed E-state index contributed by atoms with van der Waals surface area (Å²) in [4.78, 5) is 0. The van der Waals surface area contributed by atoms with Crippen LogP contribution in [0.5, 0.6) is 0 Å². The number of rotatable bonds is 2. The van der Waals surface area contributed by atoms with Gasteiger partial charge in [0.25, 0.3) is 0 Å². The Labute approximate surface area is 143 Å². The molecule has 5 aliphatic rings. The van der Waals surface area contributed by atoms with E-state index in [9.17, 15) is 0 Å². The summed E-state index contributed by atoms with van der Waals surface area (Å²) in [6.45, 7) is 2.46. The first-order valence-electron chi connectivity index (χ1n) is 11.1. The van der Waals surface area contributed by atoms with Crippen molar-refractivity contribution in [2.24, 2.45) is 35.0 Å². The van der Waals surface area contributed by atoms with Crippen LogP contribution in [0.2, 0.25) is 0 Å². The van der Waals surface area contributed by atoms with Crippen LogP contribution in [-0.4, -0.2) is 12.1 Å². The van der Waals surface area contributed by atoms with Gasteiger partial charge in [0.2, 0.25) is 0 Å². The highest BCUT2D eigenvalue weighted by Gasteiger charge is 2.62. The Morgan fingerprint density at radius 2 is 1.39 bits per heavy atom. The molecule has 1 aliphatic heterocycles. The highest BCUT2D eigenvalue weighted by Crippen LogP contribution is 2.66. The topological polar surface area (TPSA) is 12.0 Å². The lowest BCUT2D eigenvalue weighted by atomic mass is 9.50. The van der Waals surface area contributed by atoms with Gasteiger partial charge in [0.05, 0.1) is 0 Å². The summed E-state index contributed by atoms with van der Waals surface area (Å²) in [6.07, 6.45) is 20.1. The molecule has 23 heavy (non-hydrogen) atoms. The normalized spacial score (nSPS) is 49.4. The maximum absolute atomic E-state index is 4.18. The fraction of sp³-hybridized carbons (Fsp3) is 1.00. The highest BCUT2D eigenvalue weighted by atomic mass is 15.0. The zero-order chi connectivity index (χ0) is 15.4. The molecule has 0 bridgehead atoms. The Morgan fingerprint density at radius 1 is 0.696 bits per heavy atom. The second-order valence-electron chi connectivity index (χ2n) is 10.0. The van der Waals surface area contributed by atoms with Crippen molar-refractivity contribution in [3.8, 4) is 0 Å². The van der Waals surface area contributed by atoms with Crippen LogP contribution in [0.4, 0.5) is 0 Å². The molecule has 1 heteroatoms. The van der Waals surface area contributed by atoms with E-state index in [-0.39, 0.29) is 0 Å². The van der Waals surface area contributed by atoms with Crippen LogP contribution in [0.1, 0.15) is 90.4 Å². The number of fused-ring (bicyclic) bond motifs is 3. The summed E-state index contributed by atoms with van der Waals surface area (Å²) in [7, 11) is 0. The van der Waals surface area contributed by atoms with Crippen LogP contribution in [0.25, 0.3) is 0 Å². The standard InChI is InChI=1S/C22H37N/c1-15-11-12-19-17-9-4-5-10-18(17)20(21(19)23-15)22(13-6-14-22)16-7-2-3-8-16/h15-21,23H,2-14H2,1H3. The molecule has 1 saturated heterocycles. The Kier molecular flexibility index (Phi) is 3.81. The van der Waals surface area contributed by atoms with E-state index in [1.807, 2.05) is 0 Å². The Hall–Kier alpha value is -0.0400. The lowest BCUT2D eigenvalue weighted by molar-refractivity contribution is -0.0561. The predicted octanol–water partition coefficient (Wildman–Crippen LogP) is 5.54.